The number of nitrogens with one attached hydrogen (secondary N) is 1. The maximum atomic E-state index is 13.2. The first-order chi connectivity index (χ1) is 10.8. The van der Waals surface area contributed by atoms with E-state index in [9.17, 15) is 4.39 Å². The molecule has 0 saturated carbocycles. The van der Waals surface area contributed by atoms with Gasteiger partial charge in [-0.05, 0) is 41.7 Å². The number of methoxy groups -OCH3 is 1. The molecule has 0 aromatic heterocycles. The normalized spacial score (nSPS) is 25.3. The first-order valence-corrected chi connectivity index (χ1v) is 7.63. The zero-order valence-electron chi connectivity index (χ0n) is 12.4. The first-order valence-electron chi connectivity index (χ1n) is 7.63. The highest BCUT2D eigenvalue weighted by molar-refractivity contribution is 5.67. The van der Waals surface area contributed by atoms with Crippen molar-refractivity contribution >= 4 is 5.69 Å². The van der Waals surface area contributed by atoms with E-state index in [1.165, 1.54) is 17.7 Å². The molecule has 3 atom stereocenters. The Morgan fingerprint density at radius 1 is 1.14 bits per heavy atom. The number of benzene rings is 2. The van der Waals surface area contributed by atoms with Gasteiger partial charge in [-0.3, -0.25) is 0 Å². The van der Waals surface area contributed by atoms with Gasteiger partial charge in [-0.25, -0.2) is 4.39 Å². The molecule has 0 bridgehead atoms. The van der Waals surface area contributed by atoms with Gasteiger partial charge >= 0.3 is 0 Å². The van der Waals surface area contributed by atoms with E-state index in [1.54, 1.807) is 7.11 Å². The van der Waals surface area contributed by atoms with Crippen molar-refractivity contribution in [1.29, 1.82) is 0 Å². The van der Waals surface area contributed by atoms with Crippen molar-refractivity contribution in [2.24, 2.45) is 5.92 Å². The molecule has 2 aromatic rings. The van der Waals surface area contributed by atoms with Crippen molar-refractivity contribution in [2.45, 2.75) is 18.4 Å². The van der Waals surface area contributed by atoms with Crippen molar-refractivity contribution in [3.8, 4) is 5.75 Å². The predicted molar refractivity (Wildman–Crippen MR) is 85.7 cm³/mol. The largest absolute Gasteiger partial charge is 0.495 e. The molecule has 22 heavy (non-hydrogen) atoms. The second-order valence-electron chi connectivity index (χ2n) is 5.95. The Balaban J connectivity index is 1.81. The molecule has 0 amide bonds. The molecule has 0 radical (unpaired) electrons. The van der Waals surface area contributed by atoms with Gasteiger partial charge in [0.15, 0.2) is 0 Å². The van der Waals surface area contributed by atoms with Gasteiger partial charge in [0.25, 0.3) is 0 Å². The fourth-order valence-electron chi connectivity index (χ4n) is 3.76. The SMILES string of the molecule is COc1cccc2c1N[C@H](c1ccc(F)cc1)[C@@H]1CC=C[C@@H]21. The summed E-state index contributed by atoms with van der Waals surface area (Å²) in [7, 11) is 1.70. The quantitative estimate of drug-likeness (QED) is 0.814. The topological polar surface area (TPSA) is 21.3 Å². The second-order valence-corrected chi connectivity index (χ2v) is 5.95. The van der Waals surface area contributed by atoms with E-state index in [1.807, 2.05) is 24.3 Å². The molecule has 2 aromatic carbocycles. The Labute approximate surface area is 129 Å². The minimum atomic E-state index is -0.196. The van der Waals surface area contributed by atoms with Gasteiger partial charge < -0.3 is 10.1 Å². The fraction of sp³-hybridized carbons (Fsp3) is 0.263. The van der Waals surface area contributed by atoms with Crippen molar-refractivity contribution in [1.82, 2.24) is 0 Å². The summed E-state index contributed by atoms with van der Waals surface area (Å²) in [4.78, 5) is 0. The van der Waals surface area contributed by atoms with Crippen LogP contribution in [0.3, 0.4) is 0 Å². The highest BCUT2D eigenvalue weighted by Crippen LogP contribution is 2.51. The first kappa shape index (κ1) is 13.4. The lowest BCUT2D eigenvalue weighted by molar-refractivity contribution is 0.397. The maximum Gasteiger partial charge on any atom is 0.142 e. The summed E-state index contributed by atoms with van der Waals surface area (Å²) in [5, 5.41) is 3.64. The van der Waals surface area contributed by atoms with E-state index in [2.05, 4.69) is 23.5 Å². The van der Waals surface area contributed by atoms with Gasteiger partial charge in [-0.15, -0.1) is 0 Å². The van der Waals surface area contributed by atoms with Crippen LogP contribution in [0, 0.1) is 11.7 Å². The van der Waals surface area contributed by atoms with Gasteiger partial charge in [0.05, 0.1) is 18.8 Å². The monoisotopic (exact) mass is 295 g/mol. The third-order valence-corrected chi connectivity index (χ3v) is 4.81. The molecule has 1 aliphatic heterocycles. The van der Waals surface area contributed by atoms with E-state index in [0.29, 0.717) is 11.8 Å². The van der Waals surface area contributed by atoms with E-state index in [4.69, 9.17) is 4.74 Å². The lowest BCUT2D eigenvalue weighted by Gasteiger charge is -2.38. The number of allylic oxidation sites excluding steroid dienone is 2. The number of para-hydroxylation sites is 1. The Bertz CT molecular complexity index is 723. The smallest absolute Gasteiger partial charge is 0.142 e. The van der Waals surface area contributed by atoms with Crippen LogP contribution < -0.4 is 10.1 Å². The van der Waals surface area contributed by atoms with Crippen LogP contribution in [-0.4, -0.2) is 7.11 Å². The molecule has 1 heterocycles. The van der Waals surface area contributed by atoms with Crippen molar-refractivity contribution in [3.05, 3.63) is 71.6 Å². The van der Waals surface area contributed by atoms with Crippen LogP contribution in [0.15, 0.2) is 54.6 Å². The Morgan fingerprint density at radius 2 is 1.95 bits per heavy atom. The Morgan fingerprint density at radius 3 is 2.73 bits per heavy atom. The van der Waals surface area contributed by atoms with Gasteiger partial charge in [0.1, 0.15) is 11.6 Å². The minimum absolute atomic E-state index is 0.171. The van der Waals surface area contributed by atoms with E-state index in [-0.39, 0.29) is 11.9 Å². The van der Waals surface area contributed by atoms with Gasteiger partial charge in [-0.2, -0.15) is 0 Å². The summed E-state index contributed by atoms with van der Waals surface area (Å²) in [6, 6.07) is 13.2. The van der Waals surface area contributed by atoms with Crippen molar-refractivity contribution in [2.75, 3.05) is 12.4 Å². The van der Waals surface area contributed by atoms with Crippen LogP contribution in [0.1, 0.15) is 29.5 Å². The van der Waals surface area contributed by atoms with Crippen molar-refractivity contribution in [3.63, 3.8) is 0 Å². The van der Waals surface area contributed by atoms with Crippen LogP contribution in [0.4, 0.5) is 10.1 Å². The number of rotatable bonds is 2. The molecule has 1 aliphatic carbocycles. The average Bonchev–Trinajstić information content (AvgIpc) is 3.04. The highest BCUT2D eigenvalue weighted by atomic mass is 19.1. The summed E-state index contributed by atoms with van der Waals surface area (Å²) in [5.41, 5.74) is 3.47. The van der Waals surface area contributed by atoms with E-state index in [0.717, 1.165) is 23.4 Å². The van der Waals surface area contributed by atoms with Crippen LogP contribution in [0.25, 0.3) is 0 Å². The summed E-state index contributed by atoms with van der Waals surface area (Å²) >= 11 is 0. The lowest BCUT2D eigenvalue weighted by Crippen LogP contribution is -2.29. The number of hydrogen-bond donors (Lipinski definition) is 1. The maximum absolute atomic E-state index is 13.2. The summed E-state index contributed by atoms with van der Waals surface area (Å²) in [5.74, 6) is 1.52. The van der Waals surface area contributed by atoms with E-state index >= 15 is 0 Å². The lowest BCUT2D eigenvalue weighted by atomic mass is 9.77. The summed E-state index contributed by atoms with van der Waals surface area (Å²) in [6.45, 7) is 0. The van der Waals surface area contributed by atoms with E-state index < -0.39 is 0 Å². The second kappa shape index (κ2) is 5.16. The number of halogens is 1. The van der Waals surface area contributed by atoms with Crippen LogP contribution >= 0.6 is 0 Å². The van der Waals surface area contributed by atoms with Gasteiger partial charge in [0, 0.05) is 5.92 Å². The average molecular weight is 295 g/mol. The molecule has 0 spiro atoms. The number of fused-ring (bicyclic) bond motifs is 3. The molecule has 0 unspecified atom stereocenters. The summed E-state index contributed by atoms with van der Waals surface area (Å²) in [6.07, 6.45) is 5.58. The molecule has 0 saturated heterocycles. The molecular formula is C19H18FNO. The fourth-order valence-corrected chi connectivity index (χ4v) is 3.76. The Kier molecular flexibility index (Phi) is 3.14. The van der Waals surface area contributed by atoms with Gasteiger partial charge in [0.2, 0.25) is 0 Å². The highest BCUT2D eigenvalue weighted by Gasteiger charge is 2.38. The van der Waals surface area contributed by atoms with Crippen molar-refractivity contribution < 1.29 is 9.13 Å². The molecule has 2 nitrogen and oxygen atoms in total. The Hall–Kier alpha value is -2.29. The zero-order chi connectivity index (χ0) is 15.1. The zero-order valence-corrected chi connectivity index (χ0v) is 12.4. The third-order valence-electron chi connectivity index (χ3n) is 4.81. The number of hydrogen-bond acceptors (Lipinski definition) is 2. The molecule has 112 valence electrons. The van der Waals surface area contributed by atoms with Crippen LogP contribution in [0.5, 0.6) is 5.75 Å². The van der Waals surface area contributed by atoms with Crippen LogP contribution in [0.2, 0.25) is 0 Å². The number of ether oxygens (including phenoxy) is 1. The standard InChI is InChI=1S/C19H18FNO/c1-22-17-7-3-6-16-14-4-2-5-15(14)18(21-19(16)17)12-8-10-13(20)11-9-12/h2-4,6-11,14-15,18,21H,5H2,1H3/t14-,15-,18-/m1/s1. The molecule has 3 heteroatoms. The van der Waals surface area contributed by atoms with Crippen LogP contribution in [-0.2, 0) is 0 Å². The molecular weight excluding hydrogens is 277 g/mol. The molecule has 4 rings (SSSR count). The molecule has 0 fully saturated rings. The minimum Gasteiger partial charge on any atom is -0.495 e. The molecule has 1 N–H and O–H groups in total. The third kappa shape index (κ3) is 2.00. The predicted octanol–water partition coefficient (Wildman–Crippen LogP) is 4.66. The summed E-state index contributed by atoms with van der Waals surface area (Å²) < 4.78 is 18.7. The number of anilines is 1. The van der Waals surface area contributed by atoms with Gasteiger partial charge in [-0.1, -0.05) is 36.4 Å². The molecule has 2 aliphatic rings.